The molecule has 1 aromatic rings. The second-order valence-corrected chi connectivity index (χ2v) is 5.55. The van der Waals surface area contributed by atoms with E-state index < -0.39 is 0 Å². The highest BCUT2D eigenvalue weighted by Crippen LogP contribution is 2.10. The van der Waals surface area contributed by atoms with Crippen molar-refractivity contribution < 1.29 is 9.53 Å². The molecule has 118 valence electrons. The minimum atomic E-state index is -0.247. The van der Waals surface area contributed by atoms with Gasteiger partial charge in [0.2, 0.25) is 5.91 Å². The molecule has 1 saturated heterocycles. The molecule has 5 heteroatoms. The molecule has 1 aromatic carbocycles. The number of hydrogen-bond acceptors (Lipinski definition) is 3. The Hall–Kier alpha value is -1.10. The third-order valence-electron chi connectivity index (χ3n) is 3.77. The number of rotatable bonds is 4. The van der Waals surface area contributed by atoms with Crippen LogP contribution >= 0.6 is 12.4 Å². The SMILES string of the molecule is Cc1ccccc1CC(C)NC(=O)[C@H]1NCCO[C@@H]1C.Cl. The minimum absolute atomic E-state index is 0. The fraction of sp³-hybridized carbons (Fsp3) is 0.562. The molecule has 2 N–H and O–H groups in total. The molecule has 21 heavy (non-hydrogen) atoms. The summed E-state index contributed by atoms with van der Waals surface area (Å²) in [5, 5.41) is 6.29. The maximum absolute atomic E-state index is 12.2. The number of ether oxygens (including phenoxy) is 1. The van der Waals surface area contributed by atoms with Gasteiger partial charge in [-0.15, -0.1) is 12.4 Å². The van der Waals surface area contributed by atoms with Crippen LogP contribution in [0.2, 0.25) is 0 Å². The maximum atomic E-state index is 12.2. The van der Waals surface area contributed by atoms with E-state index in [1.807, 2.05) is 26.0 Å². The Morgan fingerprint density at radius 3 is 2.86 bits per heavy atom. The van der Waals surface area contributed by atoms with Crippen molar-refractivity contribution in [2.75, 3.05) is 13.2 Å². The van der Waals surface area contributed by atoms with Crippen molar-refractivity contribution >= 4 is 18.3 Å². The maximum Gasteiger partial charge on any atom is 0.240 e. The summed E-state index contributed by atoms with van der Waals surface area (Å²) in [6.45, 7) is 7.47. The van der Waals surface area contributed by atoms with Gasteiger partial charge < -0.3 is 15.4 Å². The van der Waals surface area contributed by atoms with Crippen LogP contribution < -0.4 is 10.6 Å². The molecule has 0 aliphatic carbocycles. The topological polar surface area (TPSA) is 50.4 Å². The third kappa shape index (κ3) is 4.99. The van der Waals surface area contributed by atoms with Crippen LogP contribution in [0.25, 0.3) is 0 Å². The predicted octanol–water partition coefficient (Wildman–Crippen LogP) is 1.84. The Labute approximate surface area is 133 Å². The molecule has 0 saturated carbocycles. The Kier molecular flexibility index (Phi) is 7.15. The lowest BCUT2D eigenvalue weighted by molar-refractivity contribution is -0.129. The van der Waals surface area contributed by atoms with E-state index in [9.17, 15) is 4.79 Å². The van der Waals surface area contributed by atoms with Gasteiger partial charge in [-0.25, -0.2) is 0 Å². The van der Waals surface area contributed by atoms with E-state index in [1.165, 1.54) is 11.1 Å². The van der Waals surface area contributed by atoms with Crippen LogP contribution in [0.15, 0.2) is 24.3 Å². The van der Waals surface area contributed by atoms with Gasteiger partial charge >= 0.3 is 0 Å². The zero-order valence-electron chi connectivity index (χ0n) is 12.9. The lowest BCUT2D eigenvalue weighted by Crippen LogP contribution is -2.56. The number of nitrogens with one attached hydrogen (secondary N) is 2. The van der Waals surface area contributed by atoms with Gasteiger partial charge in [0.1, 0.15) is 6.04 Å². The predicted molar refractivity (Wildman–Crippen MR) is 86.9 cm³/mol. The van der Waals surface area contributed by atoms with Gasteiger partial charge in [-0.05, 0) is 38.3 Å². The van der Waals surface area contributed by atoms with E-state index in [-0.39, 0.29) is 36.5 Å². The first-order chi connectivity index (χ1) is 9.58. The number of carbonyl (C=O) groups excluding carboxylic acids is 1. The van der Waals surface area contributed by atoms with E-state index >= 15 is 0 Å². The lowest BCUT2D eigenvalue weighted by Gasteiger charge is -2.30. The molecule has 2 rings (SSSR count). The summed E-state index contributed by atoms with van der Waals surface area (Å²) < 4.78 is 5.51. The van der Waals surface area contributed by atoms with Gasteiger partial charge in [0.25, 0.3) is 0 Å². The summed E-state index contributed by atoms with van der Waals surface area (Å²) in [6, 6.07) is 8.15. The minimum Gasteiger partial charge on any atom is -0.375 e. The number of hydrogen-bond donors (Lipinski definition) is 2. The van der Waals surface area contributed by atoms with Crippen LogP contribution in [-0.4, -0.2) is 37.2 Å². The molecular weight excluding hydrogens is 288 g/mol. The van der Waals surface area contributed by atoms with Gasteiger partial charge in [-0.2, -0.15) is 0 Å². The quantitative estimate of drug-likeness (QED) is 0.892. The van der Waals surface area contributed by atoms with E-state index in [1.54, 1.807) is 0 Å². The molecule has 4 nitrogen and oxygen atoms in total. The van der Waals surface area contributed by atoms with E-state index in [0.29, 0.717) is 6.61 Å². The molecule has 1 unspecified atom stereocenters. The summed E-state index contributed by atoms with van der Waals surface area (Å²) in [4.78, 5) is 12.2. The van der Waals surface area contributed by atoms with Crippen molar-refractivity contribution in [2.45, 2.75) is 45.4 Å². The largest absolute Gasteiger partial charge is 0.375 e. The zero-order valence-corrected chi connectivity index (χ0v) is 13.7. The third-order valence-corrected chi connectivity index (χ3v) is 3.77. The molecule has 0 bridgehead atoms. The molecule has 1 heterocycles. The van der Waals surface area contributed by atoms with E-state index in [2.05, 4.69) is 29.7 Å². The Morgan fingerprint density at radius 1 is 1.48 bits per heavy atom. The molecule has 0 radical (unpaired) electrons. The summed E-state index contributed by atoms with van der Waals surface area (Å²) in [5.74, 6) is 0.0262. The number of aryl methyl sites for hydroxylation is 1. The normalized spacial score (nSPS) is 23.0. The average Bonchev–Trinajstić information content (AvgIpc) is 2.41. The standard InChI is InChI=1S/C16H24N2O2.ClH/c1-11-6-4-5-7-14(11)10-12(2)18-16(19)15-13(3)20-9-8-17-15;/h4-7,12-13,15,17H,8-10H2,1-3H3,(H,18,19);1H/t12?,13-,15+;/m1./s1. The average molecular weight is 313 g/mol. The highest BCUT2D eigenvalue weighted by atomic mass is 35.5. The Morgan fingerprint density at radius 2 is 2.19 bits per heavy atom. The smallest absolute Gasteiger partial charge is 0.240 e. The fourth-order valence-corrected chi connectivity index (χ4v) is 2.58. The van der Waals surface area contributed by atoms with Crippen LogP contribution in [0.5, 0.6) is 0 Å². The van der Waals surface area contributed by atoms with E-state index in [0.717, 1.165) is 13.0 Å². The molecule has 0 aromatic heterocycles. The van der Waals surface area contributed by atoms with Gasteiger partial charge in [0.05, 0.1) is 12.7 Å². The first-order valence-corrected chi connectivity index (χ1v) is 7.28. The number of halogens is 1. The van der Waals surface area contributed by atoms with Crippen LogP contribution in [0, 0.1) is 6.92 Å². The molecule has 3 atom stereocenters. The first-order valence-electron chi connectivity index (χ1n) is 7.28. The molecule has 1 amide bonds. The van der Waals surface area contributed by atoms with Crippen LogP contribution in [0.1, 0.15) is 25.0 Å². The highest BCUT2D eigenvalue weighted by molar-refractivity contribution is 5.85. The van der Waals surface area contributed by atoms with Crippen molar-refractivity contribution in [2.24, 2.45) is 0 Å². The van der Waals surface area contributed by atoms with Gasteiger partial charge in [-0.1, -0.05) is 24.3 Å². The zero-order chi connectivity index (χ0) is 14.5. The van der Waals surface area contributed by atoms with Gasteiger partial charge in [0, 0.05) is 12.6 Å². The van der Waals surface area contributed by atoms with Crippen LogP contribution in [-0.2, 0) is 16.0 Å². The fourth-order valence-electron chi connectivity index (χ4n) is 2.58. The Balaban J connectivity index is 0.00000220. The molecule has 1 fully saturated rings. The molecular formula is C16H25ClN2O2. The highest BCUT2D eigenvalue weighted by Gasteiger charge is 2.28. The second kappa shape index (κ2) is 8.37. The summed E-state index contributed by atoms with van der Waals surface area (Å²) >= 11 is 0. The number of morpholine rings is 1. The van der Waals surface area contributed by atoms with Crippen molar-refractivity contribution in [3.63, 3.8) is 0 Å². The number of carbonyl (C=O) groups is 1. The lowest BCUT2D eigenvalue weighted by atomic mass is 10.0. The van der Waals surface area contributed by atoms with Crippen molar-refractivity contribution in [3.8, 4) is 0 Å². The monoisotopic (exact) mass is 312 g/mol. The summed E-state index contributed by atoms with van der Waals surface area (Å²) in [6.07, 6.45) is 0.773. The van der Waals surface area contributed by atoms with Crippen molar-refractivity contribution in [1.82, 2.24) is 10.6 Å². The van der Waals surface area contributed by atoms with Gasteiger partial charge in [-0.3, -0.25) is 4.79 Å². The second-order valence-electron chi connectivity index (χ2n) is 5.55. The Bertz CT molecular complexity index is 467. The van der Waals surface area contributed by atoms with Crippen LogP contribution in [0.3, 0.4) is 0 Å². The summed E-state index contributed by atoms with van der Waals surface area (Å²) in [5.41, 5.74) is 2.54. The first kappa shape index (κ1) is 18.0. The van der Waals surface area contributed by atoms with Crippen molar-refractivity contribution in [3.05, 3.63) is 35.4 Å². The molecule has 1 aliphatic rings. The van der Waals surface area contributed by atoms with Gasteiger partial charge in [0.15, 0.2) is 0 Å². The molecule has 1 aliphatic heterocycles. The number of benzene rings is 1. The van der Waals surface area contributed by atoms with Crippen LogP contribution in [0.4, 0.5) is 0 Å². The van der Waals surface area contributed by atoms with E-state index in [4.69, 9.17) is 4.74 Å². The van der Waals surface area contributed by atoms with Crippen molar-refractivity contribution in [1.29, 1.82) is 0 Å². The number of amides is 1. The molecule has 0 spiro atoms. The summed E-state index contributed by atoms with van der Waals surface area (Å²) in [7, 11) is 0.